The molecule has 1 aliphatic carbocycles. The number of fused-ring (bicyclic) bond motifs is 3. The molecule has 1 aliphatic rings. The summed E-state index contributed by atoms with van der Waals surface area (Å²) in [5, 5.41) is 0. The lowest BCUT2D eigenvalue weighted by molar-refractivity contribution is -0.149. The molecule has 0 aliphatic heterocycles. The van der Waals surface area contributed by atoms with E-state index in [4.69, 9.17) is 4.74 Å². The van der Waals surface area contributed by atoms with E-state index in [0.717, 1.165) is 34.2 Å². The molecule has 0 unspecified atom stereocenters. The Morgan fingerprint density at radius 1 is 0.840 bits per heavy atom. The smallest absolute Gasteiger partial charge is 0.314 e. The van der Waals surface area contributed by atoms with E-state index in [1.807, 2.05) is 61.5 Å². The zero-order chi connectivity index (χ0) is 17.2. The quantitative estimate of drug-likeness (QED) is 0.592. The third-order valence-corrected chi connectivity index (χ3v) is 4.91. The van der Waals surface area contributed by atoms with Crippen molar-refractivity contribution in [2.24, 2.45) is 0 Å². The van der Waals surface area contributed by atoms with Crippen molar-refractivity contribution >= 4 is 5.97 Å². The van der Waals surface area contributed by atoms with Gasteiger partial charge in [-0.05, 0) is 23.1 Å². The van der Waals surface area contributed by atoms with Crippen molar-refractivity contribution < 1.29 is 9.53 Å². The third kappa shape index (κ3) is 2.74. The molecule has 124 valence electrons. The lowest BCUT2D eigenvalue weighted by Crippen LogP contribution is -2.18. The molecule has 0 heterocycles. The normalized spacial score (nSPS) is 13.8. The number of carbonyl (C=O) groups is 1. The molecule has 25 heavy (non-hydrogen) atoms. The molecule has 0 radical (unpaired) electrons. The topological polar surface area (TPSA) is 26.3 Å². The minimum atomic E-state index is -0.322. The molecule has 0 fully saturated rings. The average molecular weight is 328 g/mol. The first-order valence-electron chi connectivity index (χ1n) is 8.73. The summed E-state index contributed by atoms with van der Waals surface area (Å²) >= 11 is 0. The SMILES string of the molecule is CC[C@H](C(=O)OC1c2ccccc2-c2ccccc21)c1ccccc1. The molecule has 0 aromatic heterocycles. The van der Waals surface area contributed by atoms with Crippen molar-refractivity contribution in [1.29, 1.82) is 0 Å². The summed E-state index contributed by atoms with van der Waals surface area (Å²) in [6.45, 7) is 2.02. The van der Waals surface area contributed by atoms with Gasteiger partial charge >= 0.3 is 5.97 Å². The van der Waals surface area contributed by atoms with Crippen molar-refractivity contribution in [3.8, 4) is 11.1 Å². The van der Waals surface area contributed by atoms with Crippen LogP contribution < -0.4 is 0 Å². The molecule has 0 bridgehead atoms. The number of rotatable bonds is 4. The second-order valence-corrected chi connectivity index (χ2v) is 6.36. The molecule has 0 spiro atoms. The van der Waals surface area contributed by atoms with Crippen LogP contribution in [0.3, 0.4) is 0 Å². The van der Waals surface area contributed by atoms with Gasteiger partial charge in [-0.25, -0.2) is 0 Å². The Morgan fingerprint density at radius 2 is 1.36 bits per heavy atom. The van der Waals surface area contributed by atoms with E-state index in [2.05, 4.69) is 24.3 Å². The molecule has 0 saturated heterocycles. The average Bonchev–Trinajstić information content (AvgIpc) is 2.98. The molecule has 0 N–H and O–H groups in total. The van der Waals surface area contributed by atoms with E-state index in [9.17, 15) is 4.79 Å². The standard InChI is InChI=1S/C23H20O2/c1-2-17(16-10-4-3-5-11-16)23(24)25-22-20-14-8-6-12-18(20)19-13-7-9-15-21(19)22/h3-15,17,22H,2H2,1H3/t17-/m0/s1. The zero-order valence-corrected chi connectivity index (χ0v) is 14.2. The second kappa shape index (κ2) is 6.56. The van der Waals surface area contributed by atoms with Crippen LogP contribution in [0, 0.1) is 0 Å². The van der Waals surface area contributed by atoms with Gasteiger partial charge in [-0.2, -0.15) is 0 Å². The maximum absolute atomic E-state index is 12.9. The number of esters is 1. The zero-order valence-electron chi connectivity index (χ0n) is 14.2. The Kier molecular flexibility index (Phi) is 4.10. The molecule has 1 atom stereocenters. The summed E-state index contributed by atoms with van der Waals surface area (Å²) in [6, 6.07) is 26.2. The van der Waals surface area contributed by atoms with Crippen LogP contribution >= 0.6 is 0 Å². The van der Waals surface area contributed by atoms with Crippen LogP contribution in [0.1, 0.15) is 42.1 Å². The summed E-state index contributed by atoms with van der Waals surface area (Å²) in [7, 11) is 0. The van der Waals surface area contributed by atoms with Crippen molar-refractivity contribution in [3.05, 3.63) is 95.6 Å². The Bertz CT molecular complexity index is 853. The van der Waals surface area contributed by atoms with Crippen molar-refractivity contribution in [2.75, 3.05) is 0 Å². The fourth-order valence-corrected chi connectivity index (χ4v) is 3.66. The van der Waals surface area contributed by atoms with E-state index in [-0.39, 0.29) is 18.0 Å². The number of ether oxygens (including phenoxy) is 1. The van der Waals surface area contributed by atoms with Crippen molar-refractivity contribution in [2.45, 2.75) is 25.4 Å². The van der Waals surface area contributed by atoms with Crippen LogP contribution in [0.2, 0.25) is 0 Å². The maximum Gasteiger partial charge on any atom is 0.314 e. The third-order valence-electron chi connectivity index (χ3n) is 4.91. The predicted octanol–water partition coefficient (Wildman–Crippen LogP) is 5.49. The minimum absolute atomic E-state index is 0.162. The first-order chi connectivity index (χ1) is 12.3. The lowest BCUT2D eigenvalue weighted by atomic mass is 9.96. The fraction of sp³-hybridized carbons (Fsp3) is 0.174. The monoisotopic (exact) mass is 328 g/mol. The lowest BCUT2D eigenvalue weighted by Gasteiger charge is -2.20. The van der Waals surface area contributed by atoms with Gasteiger partial charge in [0.2, 0.25) is 0 Å². The molecule has 2 heteroatoms. The highest BCUT2D eigenvalue weighted by Crippen LogP contribution is 2.45. The van der Waals surface area contributed by atoms with Crippen molar-refractivity contribution in [1.82, 2.24) is 0 Å². The molecular weight excluding hydrogens is 308 g/mol. The van der Waals surface area contributed by atoms with Crippen LogP contribution in [0.15, 0.2) is 78.9 Å². The Hall–Kier alpha value is -2.87. The van der Waals surface area contributed by atoms with Crippen LogP contribution in [0.4, 0.5) is 0 Å². The molecule has 3 aromatic carbocycles. The van der Waals surface area contributed by atoms with Gasteiger partial charge in [0, 0.05) is 11.1 Å². The number of carbonyl (C=O) groups excluding carboxylic acids is 1. The highest BCUT2D eigenvalue weighted by atomic mass is 16.5. The van der Waals surface area contributed by atoms with Gasteiger partial charge in [0.15, 0.2) is 6.10 Å². The highest BCUT2D eigenvalue weighted by molar-refractivity contribution is 5.82. The number of hydrogen-bond donors (Lipinski definition) is 0. The first kappa shape index (κ1) is 15.6. The van der Waals surface area contributed by atoms with Gasteiger partial charge in [0.1, 0.15) is 0 Å². The van der Waals surface area contributed by atoms with Gasteiger partial charge in [-0.3, -0.25) is 4.79 Å². The van der Waals surface area contributed by atoms with Crippen LogP contribution in [-0.2, 0) is 9.53 Å². The molecule has 0 amide bonds. The van der Waals surface area contributed by atoms with Crippen LogP contribution in [-0.4, -0.2) is 5.97 Å². The summed E-state index contributed by atoms with van der Waals surface area (Å²) in [5.41, 5.74) is 5.46. The highest BCUT2D eigenvalue weighted by Gasteiger charge is 2.33. The first-order valence-corrected chi connectivity index (χ1v) is 8.73. The molecule has 0 saturated carbocycles. The van der Waals surface area contributed by atoms with E-state index < -0.39 is 0 Å². The minimum Gasteiger partial charge on any atom is -0.452 e. The van der Waals surface area contributed by atoms with E-state index in [1.54, 1.807) is 0 Å². The summed E-state index contributed by atoms with van der Waals surface area (Å²) in [4.78, 5) is 12.9. The molecular formula is C23H20O2. The van der Waals surface area contributed by atoms with Crippen molar-refractivity contribution in [3.63, 3.8) is 0 Å². The Labute approximate surface area is 148 Å². The van der Waals surface area contributed by atoms with E-state index in [0.29, 0.717) is 0 Å². The largest absolute Gasteiger partial charge is 0.452 e. The predicted molar refractivity (Wildman–Crippen MR) is 99.3 cm³/mol. The van der Waals surface area contributed by atoms with Gasteiger partial charge in [0.25, 0.3) is 0 Å². The van der Waals surface area contributed by atoms with Gasteiger partial charge in [-0.15, -0.1) is 0 Å². The number of hydrogen-bond acceptors (Lipinski definition) is 2. The Balaban J connectivity index is 1.67. The maximum atomic E-state index is 12.9. The number of benzene rings is 3. The van der Waals surface area contributed by atoms with Gasteiger partial charge in [0.05, 0.1) is 5.92 Å². The van der Waals surface area contributed by atoms with E-state index in [1.165, 1.54) is 0 Å². The molecule has 2 nitrogen and oxygen atoms in total. The van der Waals surface area contributed by atoms with E-state index >= 15 is 0 Å². The summed E-state index contributed by atoms with van der Waals surface area (Å²) in [5.74, 6) is -0.397. The molecule has 4 rings (SSSR count). The second-order valence-electron chi connectivity index (χ2n) is 6.36. The fourth-order valence-electron chi connectivity index (χ4n) is 3.66. The van der Waals surface area contributed by atoms with Gasteiger partial charge in [-0.1, -0.05) is 85.8 Å². The van der Waals surface area contributed by atoms with Crippen LogP contribution in [0.5, 0.6) is 0 Å². The summed E-state index contributed by atoms with van der Waals surface area (Å²) < 4.78 is 6.03. The summed E-state index contributed by atoms with van der Waals surface area (Å²) in [6.07, 6.45) is 0.399. The van der Waals surface area contributed by atoms with Gasteiger partial charge < -0.3 is 4.74 Å². The van der Waals surface area contributed by atoms with Crippen LogP contribution in [0.25, 0.3) is 11.1 Å². The molecule has 3 aromatic rings. The Morgan fingerprint density at radius 3 is 1.92 bits per heavy atom.